The van der Waals surface area contributed by atoms with E-state index in [1.54, 1.807) is 42.5 Å². The number of hydrogen-bond acceptors (Lipinski definition) is 5. The molecule has 0 saturated carbocycles. The highest BCUT2D eigenvalue weighted by atomic mass is 16.5. The molecule has 6 nitrogen and oxygen atoms in total. The van der Waals surface area contributed by atoms with Gasteiger partial charge >= 0.3 is 5.97 Å². The Morgan fingerprint density at radius 3 is 2.65 bits per heavy atom. The van der Waals surface area contributed by atoms with Crippen molar-refractivity contribution in [2.45, 2.75) is 0 Å². The highest BCUT2D eigenvalue weighted by Crippen LogP contribution is 2.29. The van der Waals surface area contributed by atoms with Crippen LogP contribution in [0.25, 0.3) is 10.8 Å². The molecule has 1 amide bonds. The smallest absolute Gasteiger partial charge is 0.342 e. The molecule has 26 heavy (non-hydrogen) atoms. The predicted octanol–water partition coefficient (Wildman–Crippen LogP) is 3.35. The van der Waals surface area contributed by atoms with Crippen LogP contribution in [0.4, 0.5) is 5.69 Å². The fraction of sp³-hybridized carbons (Fsp3) is 0.100. The number of benzene rings is 3. The zero-order valence-electron chi connectivity index (χ0n) is 14.1. The first-order chi connectivity index (χ1) is 12.6. The van der Waals surface area contributed by atoms with Gasteiger partial charge in [0.15, 0.2) is 6.61 Å². The van der Waals surface area contributed by atoms with Crippen molar-refractivity contribution in [2.24, 2.45) is 0 Å². The van der Waals surface area contributed by atoms with Gasteiger partial charge in [-0.1, -0.05) is 36.4 Å². The van der Waals surface area contributed by atoms with Crippen molar-refractivity contribution >= 4 is 28.3 Å². The standard InChI is InChI=1S/C20H17NO5/c1-25-15-7-4-6-14(11-15)21-18(22)12-26-20(24)17-10-9-13-5-2-3-8-16(13)19(17)23/h2-11,23H,12H2,1H3,(H,21,22). The summed E-state index contributed by atoms with van der Waals surface area (Å²) in [7, 11) is 1.53. The molecule has 0 unspecified atom stereocenters. The van der Waals surface area contributed by atoms with Crippen LogP contribution in [0.1, 0.15) is 10.4 Å². The number of fused-ring (bicyclic) bond motifs is 1. The number of carbonyl (C=O) groups excluding carboxylic acids is 2. The van der Waals surface area contributed by atoms with Gasteiger partial charge in [-0.25, -0.2) is 4.79 Å². The van der Waals surface area contributed by atoms with Crippen LogP contribution in [-0.4, -0.2) is 30.7 Å². The van der Waals surface area contributed by atoms with Gasteiger partial charge in [-0.3, -0.25) is 4.79 Å². The molecule has 0 atom stereocenters. The van der Waals surface area contributed by atoms with Crippen LogP contribution in [0, 0.1) is 0 Å². The summed E-state index contributed by atoms with van der Waals surface area (Å²) in [5.41, 5.74) is 0.539. The van der Waals surface area contributed by atoms with Gasteiger partial charge in [0.2, 0.25) is 0 Å². The van der Waals surface area contributed by atoms with Gasteiger partial charge in [0.05, 0.1) is 7.11 Å². The Balaban J connectivity index is 1.65. The van der Waals surface area contributed by atoms with Crippen molar-refractivity contribution < 1.29 is 24.2 Å². The molecule has 6 heteroatoms. The number of anilines is 1. The first kappa shape index (κ1) is 17.3. The first-order valence-electron chi connectivity index (χ1n) is 7.90. The maximum atomic E-state index is 12.2. The molecule has 0 fully saturated rings. The summed E-state index contributed by atoms with van der Waals surface area (Å²) in [6, 6.07) is 17.1. The number of phenols is 1. The fourth-order valence-electron chi connectivity index (χ4n) is 2.53. The molecular formula is C20H17NO5. The zero-order chi connectivity index (χ0) is 18.5. The molecule has 0 aliphatic carbocycles. The number of carbonyl (C=O) groups is 2. The molecular weight excluding hydrogens is 334 g/mol. The molecule has 0 radical (unpaired) electrons. The van der Waals surface area contributed by atoms with Crippen molar-refractivity contribution in [2.75, 3.05) is 19.0 Å². The van der Waals surface area contributed by atoms with Gasteiger partial charge in [0.1, 0.15) is 17.1 Å². The summed E-state index contributed by atoms with van der Waals surface area (Å²) in [6.07, 6.45) is 0. The van der Waals surface area contributed by atoms with E-state index in [2.05, 4.69) is 5.32 Å². The molecule has 0 aromatic heterocycles. The number of nitrogens with one attached hydrogen (secondary N) is 1. The van der Waals surface area contributed by atoms with E-state index >= 15 is 0 Å². The Morgan fingerprint density at radius 2 is 1.85 bits per heavy atom. The minimum absolute atomic E-state index is 0.0119. The summed E-state index contributed by atoms with van der Waals surface area (Å²) in [5, 5.41) is 14.2. The Morgan fingerprint density at radius 1 is 1.04 bits per heavy atom. The third kappa shape index (κ3) is 3.75. The molecule has 0 bridgehead atoms. The second-order valence-corrected chi connectivity index (χ2v) is 5.54. The summed E-state index contributed by atoms with van der Waals surface area (Å²) in [4.78, 5) is 24.1. The van der Waals surface area contributed by atoms with Crippen LogP contribution in [0.15, 0.2) is 60.7 Å². The normalized spacial score (nSPS) is 10.3. The lowest BCUT2D eigenvalue weighted by Crippen LogP contribution is -2.21. The molecule has 0 saturated heterocycles. The second kappa shape index (κ2) is 7.57. The maximum absolute atomic E-state index is 12.2. The van der Waals surface area contributed by atoms with Crippen LogP contribution in [0.5, 0.6) is 11.5 Å². The van der Waals surface area contributed by atoms with Crippen LogP contribution < -0.4 is 10.1 Å². The second-order valence-electron chi connectivity index (χ2n) is 5.54. The van der Waals surface area contributed by atoms with E-state index in [0.29, 0.717) is 16.8 Å². The van der Waals surface area contributed by atoms with E-state index < -0.39 is 18.5 Å². The highest BCUT2D eigenvalue weighted by Gasteiger charge is 2.16. The first-order valence-corrected chi connectivity index (χ1v) is 7.90. The molecule has 0 spiro atoms. The number of hydrogen-bond donors (Lipinski definition) is 2. The third-order valence-electron chi connectivity index (χ3n) is 3.81. The lowest BCUT2D eigenvalue weighted by atomic mass is 10.1. The number of amides is 1. The molecule has 0 heterocycles. The number of aromatic hydroxyl groups is 1. The number of ether oxygens (including phenoxy) is 2. The van der Waals surface area contributed by atoms with E-state index in [-0.39, 0.29) is 11.3 Å². The van der Waals surface area contributed by atoms with Crippen molar-refractivity contribution in [3.8, 4) is 11.5 Å². The van der Waals surface area contributed by atoms with Crippen LogP contribution in [-0.2, 0) is 9.53 Å². The van der Waals surface area contributed by atoms with Crippen molar-refractivity contribution in [3.05, 3.63) is 66.2 Å². The van der Waals surface area contributed by atoms with Gasteiger partial charge in [-0.05, 0) is 23.6 Å². The molecule has 3 aromatic carbocycles. The summed E-state index contributed by atoms with van der Waals surface area (Å²) in [5.74, 6) is -0.830. The molecule has 2 N–H and O–H groups in total. The average Bonchev–Trinajstić information content (AvgIpc) is 2.67. The lowest BCUT2D eigenvalue weighted by molar-refractivity contribution is -0.119. The number of phenolic OH excluding ortho intramolecular Hbond substituents is 1. The minimum Gasteiger partial charge on any atom is -0.506 e. The monoisotopic (exact) mass is 351 g/mol. The highest BCUT2D eigenvalue weighted by molar-refractivity contribution is 6.02. The Bertz CT molecular complexity index is 967. The quantitative estimate of drug-likeness (QED) is 0.689. The van der Waals surface area contributed by atoms with E-state index in [9.17, 15) is 14.7 Å². The van der Waals surface area contributed by atoms with Gasteiger partial charge in [0, 0.05) is 17.1 Å². The van der Waals surface area contributed by atoms with Crippen molar-refractivity contribution in [1.82, 2.24) is 0 Å². The lowest BCUT2D eigenvalue weighted by Gasteiger charge is -2.09. The summed E-state index contributed by atoms with van der Waals surface area (Å²) in [6.45, 7) is -0.470. The molecule has 132 valence electrons. The van der Waals surface area contributed by atoms with E-state index in [1.165, 1.54) is 13.2 Å². The van der Waals surface area contributed by atoms with Crippen molar-refractivity contribution in [3.63, 3.8) is 0 Å². The predicted molar refractivity (Wildman–Crippen MR) is 97.5 cm³/mol. The van der Waals surface area contributed by atoms with E-state index in [4.69, 9.17) is 9.47 Å². The van der Waals surface area contributed by atoms with Crippen molar-refractivity contribution in [1.29, 1.82) is 0 Å². The van der Waals surface area contributed by atoms with Crippen LogP contribution in [0.2, 0.25) is 0 Å². The largest absolute Gasteiger partial charge is 0.506 e. The molecule has 3 rings (SSSR count). The average molecular weight is 351 g/mol. The number of esters is 1. The molecule has 0 aliphatic rings. The summed E-state index contributed by atoms with van der Waals surface area (Å²) >= 11 is 0. The molecule has 0 aliphatic heterocycles. The SMILES string of the molecule is COc1cccc(NC(=O)COC(=O)c2ccc3ccccc3c2O)c1. The van der Waals surface area contributed by atoms with Gasteiger partial charge in [0.25, 0.3) is 5.91 Å². The Hall–Kier alpha value is -3.54. The van der Waals surface area contributed by atoms with Gasteiger partial charge in [-0.2, -0.15) is 0 Å². The number of methoxy groups -OCH3 is 1. The Labute approximate surface area is 150 Å². The van der Waals surface area contributed by atoms with E-state index in [1.807, 2.05) is 12.1 Å². The zero-order valence-corrected chi connectivity index (χ0v) is 14.1. The molecule has 3 aromatic rings. The van der Waals surface area contributed by atoms with Gasteiger partial charge < -0.3 is 19.9 Å². The fourth-order valence-corrected chi connectivity index (χ4v) is 2.53. The van der Waals surface area contributed by atoms with Gasteiger partial charge in [-0.15, -0.1) is 0 Å². The minimum atomic E-state index is -0.769. The summed E-state index contributed by atoms with van der Waals surface area (Å²) < 4.78 is 10.1. The topological polar surface area (TPSA) is 84.9 Å². The Kier molecular flexibility index (Phi) is 5.03. The van der Waals surface area contributed by atoms with Crippen LogP contribution >= 0.6 is 0 Å². The maximum Gasteiger partial charge on any atom is 0.342 e. The third-order valence-corrected chi connectivity index (χ3v) is 3.81. The van der Waals surface area contributed by atoms with E-state index in [0.717, 1.165) is 5.39 Å². The van der Waals surface area contributed by atoms with Crippen LogP contribution in [0.3, 0.4) is 0 Å². The number of rotatable bonds is 5.